The predicted octanol–water partition coefficient (Wildman–Crippen LogP) is 2.30. The van der Waals surface area contributed by atoms with Crippen LogP contribution in [0.25, 0.3) is 0 Å². The average molecular weight is 532 g/mol. The number of halogens is 1. The van der Waals surface area contributed by atoms with Crippen LogP contribution in [0.1, 0.15) is 50.0 Å². The minimum absolute atomic E-state index is 0. The van der Waals surface area contributed by atoms with Crippen molar-refractivity contribution in [1.82, 2.24) is 25.4 Å². The monoisotopic (exact) mass is 532 g/mol. The number of likely N-dealkylation sites (tertiary alicyclic amines) is 2. The number of hydrogen-bond donors (Lipinski definition) is 2. The highest BCUT2D eigenvalue weighted by molar-refractivity contribution is 14.0. The lowest BCUT2D eigenvalue weighted by molar-refractivity contribution is -0.132. The van der Waals surface area contributed by atoms with Crippen LogP contribution in [0.15, 0.2) is 9.41 Å². The topological polar surface area (TPSA) is 86.0 Å². The molecular weight excluding hydrogens is 495 g/mol. The first kappa shape index (κ1) is 24.9. The molecule has 30 heavy (non-hydrogen) atoms. The van der Waals surface area contributed by atoms with E-state index in [2.05, 4.69) is 27.4 Å². The second kappa shape index (κ2) is 11.9. The highest BCUT2D eigenvalue weighted by Gasteiger charge is 2.24. The van der Waals surface area contributed by atoms with Crippen molar-refractivity contribution < 1.29 is 9.21 Å². The van der Waals surface area contributed by atoms with Gasteiger partial charge in [0, 0.05) is 39.1 Å². The maximum atomic E-state index is 11.7. The van der Waals surface area contributed by atoms with Gasteiger partial charge in [-0.3, -0.25) is 14.7 Å². The van der Waals surface area contributed by atoms with Gasteiger partial charge >= 0.3 is 0 Å². The third kappa shape index (κ3) is 7.11. The van der Waals surface area contributed by atoms with Crippen molar-refractivity contribution in [1.29, 1.82) is 0 Å². The van der Waals surface area contributed by atoms with E-state index in [1.165, 1.54) is 0 Å². The molecule has 1 atom stereocenters. The SMILES string of the molecule is CCNC(=NCC1CCN(Cc2nc(C)c(C)o2)CC1)NC1CCC(=O)N(C)C1.I. The minimum atomic E-state index is 0. The Morgan fingerprint density at radius 2 is 2.00 bits per heavy atom. The van der Waals surface area contributed by atoms with Gasteiger partial charge in [-0.1, -0.05) is 0 Å². The van der Waals surface area contributed by atoms with E-state index in [0.29, 0.717) is 12.3 Å². The van der Waals surface area contributed by atoms with E-state index in [-0.39, 0.29) is 35.9 Å². The van der Waals surface area contributed by atoms with Crippen molar-refractivity contribution >= 4 is 35.8 Å². The Kier molecular flexibility index (Phi) is 9.86. The normalized spacial score (nSPS) is 21.5. The number of hydrogen-bond acceptors (Lipinski definition) is 5. The molecule has 0 aromatic carbocycles. The molecule has 0 saturated carbocycles. The van der Waals surface area contributed by atoms with E-state index in [1.807, 2.05) is 20.9 Å². The molecule has 1 aromatic rings. The number of aromatic nitrogens is 1. The molecule has 2 fully saturated rings. The summed E-state index contributed by atoms with van der Waals surface area (Å²) in [7, 11) is 1.87. The van der Waals surface area contributed by atoms with Crippen LogP contribution in [-0.2, 0) is 11.3 Å². The molecule has 0 bridgehead atoms. The van der Waals surface area contributed by atoms with Crippen LogP contribution in [0.3, 0.4) is 0 Å². The lowest BCUT2D eigenvalue weighted by Gasteiger charge is -2.32. The summed E-state index contributed by atoms with van der Waals surface area (Å²) in [6.07, 6.45) is 3.76. The number of rotatable bonds is 6. The number of aryl methyl sites for hydroxylation is 2. The number of amides is 1. The van der Waals surface area contributed by atoms with E-state index >= 15 is 0 Å². The van der Waals surface area contributed by atoms with Crippen molar-refractivity contribution in [3.63, 3.8) is 0 Å². The van der Waals surface area contributed by atoms with Crippen LogP contribution in [0.2, 0.25) is 0 Å². The van der Waals surface area contributed by atoms with Crippen molar-refractivity contribution in [3.8, 4) is 0 Å². The van der Waals surface area contributed by atoms with Crippen LogP contribution in [0.5, 0.6) is 0 Å². The zero-order valence-corrected chi connectivity index (χ0v) is 21.1. The van der Waals surface area contributed by atoms with E-state index in [4.69, 9.17) is 9.41 Å². The van der Waals surface area contributed by atoms with Gasteiger partial charge in [0.1, 0.15) is 5.76 Å². The number of nitrogens with one attached hydrogen (secondary N) is 2. The van der Waals surface area contributed by atoms with E-state index in [9.17, 15) is 4.79 Å². The number of aliphatic imine (C=N–C) groups is 1. The van der Waals surface area contributed by atoms with Gasteiger partial charge in [0.05, 0.1) is 12.2 Å². The fourth-order valence-electron chi connectivity index (χ4n) is 3.99. The summed E-state index contributed by atoms with van der Waals surface area (Å²) >= 11 is 0. The highest BCUT2D eigenvalue weighted by Crippen LogP contribution is 2.20. The molecule has 3 rings (SSSR count). The van der Waals surface area contributed by atoms with Gasteiger partial charge in [-0.05, 0) is 59.0 Å². The summed E-state index contributed by atoms with van der Waals surface area (Å²) in [6, 6.07) is 0.269. The molecule has 2 aliphatic rings. The van der Waals surface area contributed by atoms with Crippen molar-refractivity contribution in [2.24, 2.45) is 10.9 Å². The number of oxazole rings is 1. The maximum absolute atomic E-state index is 11.7. The molecule has 2 N–H and O–H groups in total. The first-order valence-corrected chi connectivity index (χ1v) is 10.9. The quantitative estimate of drug-likeness (QED) is 0.332. The second-order valence-electron chi connectivity index (χ2n) is 8.34. The lowest BCUT2D eigenvalue weighted by atomic mass is 9.97. The van der Waals surface area contributed by atoms with Gasteiger partial charge in [-0.2, -0.15) is 0 Å². The zero-order chi connectivity index (χ0) is 20.8. The minimum Gasteiger partial charge on any atom is -0.444 e. The van der Waals surface area contributed by atoms with Gasteiger partial charge in [-0.25, -0.2) is 4.98 Å². The molecule has 170 valence electrons. The van der Waals surface area contributed by atoms with Crippen LogP contribution in [-0.4, -0.2) is 72.5 Å². The summed E-state index contributed by atoms with van der Waals surface area (Å²) in [4.78, 5) is 25.2. The molecular formula is C21H37IN6O2. The number of nitrogens with zero attached hydrogens (tertiary/aromatic N) is 4. The Morgan fingerprint density at radius 1 is 1.27 bits per heavy atom. The number of carbonyl (C=O) groups excluding carboxylic acids is 1. The molecule has 1 unspecified atom stereocenters. The Hall–Kier alpha value is -1.36. The highest BCUT2D eigenvalue weighted by atomic mass is 127. The number of piperidine rings is 2. The van der Waals surface area contributed by atoms with Gasteiger partial charge in [-0.15, -0.1) is 24.0 Å². The van der Waals surface area contributed by atoms with Crippen molar-refractivity contribution in [2.75, 3.05) is 39.8 Å². The van der Waals surface area contributed by atoms with Gasteiger partial charge in [0.2, 0.25) is 11.8 Å². The van der Waals surface area contributed by atoms with Gasteiger partial charge in [0.25, 0.3) is 0 Å². The van der Waals surface area contributed by atoms with E-state index < -0.39 is 0 Å². The van der Waals surface area contributed by atoms with Gasteiger partial charge in [0.15, 0.2) is 5.96 Å². The Bertz CT molecular complexity index is 695. The van der Waals surface area contributed by atoms with E-state index in [1.54, 1.807) is 4.90 Å². The molecule has 0 radical (unpaired) electrons. The zero-order valence-electron chi connectivity index (χ0n) is 18.7. The van der Waals surface area contributed by atoms with E-state index in [0.717, 1.165) is 81.8 Å². The summed E-state index contributed by atoms with van der Waals surface area (Å²) in [5.41, 5.74) is 0.987. The summed E-state index contributed by atoms with van der Waals surface area (Å²) < 4.78 is 5.72. The molecule has 0 aliphatic carbocycles. The van der Waals surface area contributed by atoms with Crippen molar-refractivity contribution in [3.05, 3.63) is 17.3 Å². The van der Waals surface area contributed by atoms with Crippen LogP contribution in [0.4, 0.5) is 0 Å². The third-order valence-corrected chi connectivity index (χ3v) is 5.96. The molecule has 8 nitrogen and oxygen atoms in total. The molecule has 2 saturated heterocycles. The standard InChI is InChI=1S/C21H36N6O2.HI/c1-5-22-21(25-18-6-7-20(28)26(4)13-18)23-12-17-8-10-27(11-9-17)14-19-24-15(2)16(3)29-19;/h17-18H,5-14H2,1-4H3,(H2,22,23,25);1H. The Balaban J connectivity index is 0.00000320. The first-order valence-electron chi connectivity index (χ1n) is 10.9. The number of likely N-dealkylation sites (N-methyl/N-ethyl adjacent to an activating group) is 1. The summed E-state index contributed by atoms with van der Waals surface area (Å²) in [5.74, 6) is 3.44. The Morgan fingerprint density at radius 3 is 2.60 bits per heavy atom. The van der Waals surface area contributed by atoms with Crippen LogP contribution < -0.4 is 10.6 Å². The fraction of sp³-hybridized carbons (Fsp3) is 0.762. The largest absolute Gasteiger partial charge is 0.444 e. The molecule has 0 spiro atoms. The predicted molar refractivity (Wildman–Crippen MR) is 129 cm³/mol. The van der Waals surface area contributed by atoms with Gasteiger partial charge < -0.3 is 20.0 Å². The molecule has 1 aromatic heterocycles. The number of guanidine groups is 1. The third-order valence-electron chi connectivity index (χ3n) is 5.96. The Labute approximate surface area is 197 Å². The lowest BCUT2D eigenvalue weighted by Crippen LogP contribution is -2.51. The first-order chi connectivity index (χ1) is 13.9. The second-order valence-corrected chi connectivity index (χ2v) is 8.34. The van der Waals surface area contributed by atoms with Crippen LogP contribution >= 0.6 is 24.0 Å². The average Bonchev–Trinajstić information content (AvgIpc) is 3.01. The van der Waals surface area contributed by atoms with Crippen LogP contribution in [0, 0.1) is 19.8 Å². The molecule has 3 heterocycles. The molecule has 9 heteroatoms. The number of carbonyl (C=O) groups is 1. The maximum Gasteiger partial charge on any atom is 0.222 e. The fourth-order valence-corrected chi connectivity index (χ4v) is 3.99. The summed E-state index contributed by atoms with van der Waals surface area (Å²) in [6.45, 7) is 11.4. The van der Waals surface area contributed by atoms with Crippen molar-refractivity contribution in [2.45, 2.75) is 59.0 Å². The molecule has 2 aliphatic heterocycles. The smallest absolute Gasteiger partial charge is 0.222 e. The molecule has 1 amide bonds. The summed E-state index contributed by atoms with van der Waals surface area (Å²) in [5, 5.41) is 6.86.